The summed E-state index contributed by atoms with van der Waals surface area (Å²) in [5.74, 6) is 0.240. The predicted octanol–water partition coefficient (Wildman–Crippen LogP) is -4.99. The summed E-state index contributed by atoms with van der Waals surface area (Å²) in [5, 5.41) is 18.8. The van der Waals surface area contributed by atoms with Crippen LogP contribution in [0.5, 0.6) is 0 Å². The number of aromatic nitrogens is 2. The minimum atomic E-state index is -1.26. The van der Waals surface area contributed by atoms with E-state index in [0.717, 1.165) is 0 Å². The molecule has 1 unspecified atom stereocenters. The zero-order chi connectivity index (χ0) is 13.0. The zero-order valence-electron chi connectivity index (χ0n) is 10.3. The summed E-state index contributed by atoms with van der Waals surface area (Å²) in [4.78, 5) is 22.1. The number of H-pyrrole nitrogens is 1. The standard InChI is InChI=1S/C9H11N5O4.Na/c10-8-12-6-5(7(17)13-8)11-3-14(6)4-18-9(14,1-15)2-16;/h3,15-16H,1-2,4H2,(H2-,10,12,13,17);/q;+1/p+1. The third-order valence-corrected chi connectivity index (χ3v) is 3.41. The van der Waals surface area contributed by atoms with Gasteiger partial charge in [-0.1, -0.05) is 0 Å². The van der Waals surface area contributed by atoms with Crippen LogP contribution in [-0.2, 0) is 4.74 Å². The number of nitrogens with one attached hydrogen (secondary N) is 1. The molecule has 0 aromatic carbocycles. The molecular weight excluding hydrogens is 265 g/mol. The van der Waals surface area contributed by atoms with Crippen molar-refractivity contribution in [2.75, 3.05) is 25.7 Å². The fourth-order valence-corrected chi connectivity index (χ4v) is 2.25. The van der Waals surface area contributed by atoms with E-state index in [4.69, 9.17) is 10.5 Å². The molecule has 0 saturated carbocycles. The molecule has 1 saturated heterocycles. The topological polar surface area (TPSA) is 134 Å². The molecule has 0 aliphatic carbocycles. The van der Waals surface area contributed by atoms with Gasteiger partial charge in [0, 0.05) is 0 Å². The molecule has 19 heavy (non-hydrogen) atoms. The predicted molar refractivity (Wildman–Crippen MR) is 62.1 cm³/mol. The minimum Gasteiger partial charge on any atom is -0.387 e. The van der Waals surface area contributed by atoms with Crippen molar-refractivity contribution in [3.05, 3.63) is 10.4 Å². The first-order valence-corrected chi connectivity index (χ1v) is 5.28. The molecule has 9 nitrogen and oxygen atoms in total. The quantitative estimate of drug-likeness (QED) is 0.316. The van der Waals surface area contributed by atoms with Gasteiger partial charge in [-0.2, -0.15) is 14.5 Å². The summed E-state index contributed by atoms with van der Waals surface area (Å²) >= 11 is 0. The van der Waals surface area contributed by atoms with E-state index in [1.165, 1.54) is 6.34 Å². The van der Waals surface area contributed by atoms with Crippen LogP contribution in [0, 0.1) is 0 Å². The molecule has 1 aromatic rings. The van der Waals surface area contributed by atoms with Gasteiger partial charge in [0.1, 0.15) is 13.2 Å². The van der Waals surface area contributed by atoms with Crippen molar-refractivity contribution in [1.82, 2.24) is 14.5 Å². The fourth-order valence-electron chi connectivity index (χ4n) is 2.25. The van der Waals surface area contributed by atoms with E-state index in [-0.39, 0.29) is 58.2 Å². The molecule has 0 amide bonds. The molecule has 1 spiro atoms. The van der Waals surface area contributed by atoms with Gasteiger partial charge in [0.15, 0.2) is 0 Å². The second kappa shape index (κ2) is 4.63. The minimum absolute atomic E-state index is 0. The summed E-state index contributed by atoms with van der Waals surface area (Å²) in [7, 11) is 0. The molecule has 1 atom stereocenters. The average molecular weight is 277 g/mol. The van der Waals surface area contributed by atoms with E-state index < -0.39 is 24.5 Å². The molecule has 10 heteroatoms. The number of quaternary nitrogens is 1. The van der Waals surface area contributed by atoms with E-state index in [0.29, 0.717) is 0 Å². The average Bonchev–Trinajstić information content (AvgIpc) is 2.71. The first-order chi connectivity index (χ1) is 8.58. The van der Waals surface area contributed by atoms with Crippen LogP contribution in [0.3, 0.4) is 0 Å². The number of ether oxygens (including phenoxy) is 1. The molecule has 2 aliphatic rings. The zero-order valence-corrected chi connectivity index (χ0v) is 12.3. The Morgan fingerprint density at radius 1 is 1.53 bits per heavy atom. The van der Waals surface area contributed by atoms with Gasteiger partial charge in [0.2, 0.25) is 24.7 Å². The van der Waals surface area contributed by atoms with Crippen LogP contribution >= 0.6 is 0 Å². The van der Waals surface area contributed by atoms with Crippen LogP contribution in [0.25, 0.3) is 0 Å². The van der Waals surface area contributed by atoms with Gasteiger partial charge in [-0.15, -0.1) is 0 Å². The maximum absolute atomic E-state index is 11.7. The van der Waals surface area contributed by atoms with Gasteiger partial charge in [-0.3, -0.25) is 14.5 Å². The van der Waals surface area contributed by atoms with Crippen LogP contribution in [-0.4, -0.2) is 52.2 Å². The number of nitrogens with zero attached hydrogens (tertiary/aromatic N) is 3. The Labute approximate surface area is 129 Å². The first kappa shape index (κ1) is 14.6. The van der Waals surface area contributed by atoms with E-state index in [9.17, 15) is 15.0 Å². The van der Waals surface area contributed by atoms with E-state index in [1.54, 1.807) is 0 Å². The third-order valence-electron chi connectivity index (χ3n) is 3.41. The Morgan fingerprint density at radius 3 is 2.74 bits per heavy atom. The monoisotopic (exact) mass is 277 g/mol. The van der Waals surface area contributed by atoms with E-state index >= 15 is 0 Å². The van der Waals surface area contributed by atoms with E-state index in [2.05, 4.69) is 15.0 Å². The summed E-state index contributed by atoms with van der Waals surface area (Å²) < 4.78 is 5.16. The van der Waals surface area contributed by atoms with Gasteiger partial charge in [0.25, 0.3) is 17.1 Å². The van der Waals surface area contributed by atoms with Gasteiger partial charge < -0.3 is 15.9 Å². The number of hydrogen-bond acceptors (Lipinski definition) is 7. The normalized spacial score (nSPS) is 25.8. The van der Waals surface area contributed by atoms with Crippen molar-refractivity contribution >= 4 is 23.8 Å². The number of aliphatic hydroxyl groups is 2. The molecule has 5 N–H and O–H groups in total. The Kier molecular flexibility index (Phi) is 3.56. The number of aliphatic hydroxyl groups excluding tert-OH is 2. The molecule has 3 heterocycles. The molecule has 3 rings (SSSR count). The fraction of sp³-hybridized carbons (Fsp3) is 0.444. The maximum atomic E-state index is 11.7. The molecule has 1 fully saturated rings. The number of nitrogens with two attached hydrogens (primary N) is 1. The number of rotatable bonds is 2. The summed E-state index contributed by atoms with van der Waals surface area (Å²) in [6.45, 7) is -0.722. The van der Waals surface area contributed by atoms with Gasteiger partial charge in [-0.05, 0) is 0 Å². The second-order valence-corrected chi connectivity index (χ2v) is 4.27. The Bertz CT molecular complexity index is 593. The third kappa shape index (κ3) is 1.64. The number of nitrogen functional groups attached to an aromatic ring is 1. The van der Waals surface area contributed by atoms with Gasteiger partial charge in [0.05, 0.1) is 0 Å². The molecule has 1 aromatic heterocycles. The SMILES string of the molecule is Nc1nc2c(c(=O)[nH]1)N=C[N+]21COC1(CO)CO.[Na+]. The van der Waals surface area contributed by atoms with Gasteiger partial charge in [-0.25, -0.2) is 0 Å². The smallest absolute Gasteiger partial charge is 0.387 e. The van der Waals surface area contributed by atoms with E-state index in [1.807, 2.05) is 0 Å². The summed E-state index contributed by atoms with van der Waals surface area (Å²) in [5.41, 5.74) is 3.91. The Balaban J connectivity index is 0.00000133. The van der Waals surface area contributed by atoms with Crippen LogP contribution in [0.2, 0.25) is 0 Å². The maximum Gasteiger partial charge on any atom is 1.00 e. The van der Waals surface area contributed by atoms with Crippen LogP contribution < -0.4 is 45.3 Å². The van der Waals surface area contributed by atoms with Crippen LogP contribution in [0.1, 0.15) is 0 Å². The first-order valence-electron chi connectivity index (χ1n) is 5.28. The molecular formula is C9H12N5NaO4+2. The van der Waals surface area contributed by atoms with Crippen molar-refractivity contribution in [1.29, 1.82) is 0 Å². The van der Waals surface area contributed by atoms with Crippen molar-refractivity contribution in [3.8, 4) is 0 Å². The van der Waals surface area contributed by atoms with Crippen LogP contribution in [0.4, 0.5) is 17.5 Å². The van der Waals surface area contributed by atoms with Crippen molar-refractivity contribution in [2.24, 2.45) is 4.99 Å². The largest absolute Gasteiger partial charge is 1.00 e. The molecule has 0 radical (unpaired) electrons. The van der Waals surface area contributed by atoms with Crippen LogP contribution in [0.15, 0.2) is 9.79 Å². The van der Waals surface area contributed by atoms with Gasteiger partial charge >= 0.3 is 29.6 Å². The molecule has 2 aliphatic heterocycles. The number of aromatic amines is 1. The Morgan fingerprint density at radius 2 is 2.21 bits per heavy atom. The summed E-state index contributed by atoms with van der Waals surface area (Å²) in [6, 6.07) is 0. The number of hydrogen-bond donors (Lipinski definition) is 4. The number of anilines is 1. The molecule has 96 valence electrons. The summed E-state index contributed by atoms with van der Waals surface area (Å²) in [6.07, 6.45) is 1.43. The Hall–Kier alpha value is -0.810. The molecule has 0 bridgehead atoms. The number of fused-ring (bicyclic) bond motifs is 2. The number of aliphatic imine (C=N–C) groups is 1. The van der Waals surface area contributed by atoms with Crippen molar-refractivity contribution < 1.29 is 44.5 Å². The van der Waals surface area contributed by atoms with Crippen molar-refractivity contribution in [2.45, 2.75) is 5.72 Å². The van der Waals surface area contributed by atoms with Crippen molar-refractivity contribution in [3.63, 3.8) is 0 Å². The second-order valence-electron chi connectivity index (χ2n) is 4.27.